The molecule has 0 bridgehead atoms. The number of amides is 1. The van der Waals surface area contributed by atoms with E-state index in [4.69, 9.17) is 11.6 Å². The van der Waals surface area contributed by atoms with Gasteiger partial charge in [0.25, 0.3) is 0 Å². The second-order valence-electron chi connectivity index (χ2n) is 3.20. The SMILES string of the molecule is CNC(=O)[C@H](C)SCc1cccc(Cl)c1. The van der Waals surface area contributed by atoms with Gasteiger partial charge in [-0.25, -0.2) is 0 Å². The summed E-state index contributed by atoms with van der Waals surface area (Å²) in [5.74, 6) is 0.858. The number of rotatable bonds is 4. The smallest absolute Gasteiger partial charge is 0.232 e. The lowest BCUT2D eigenvalue weighted by molar-refractivity contribution is -0.119. The zero-order valence-corrected chi connectivity index (χ0v) is 10.4. The van der Waals surface area contributed by atoms with Crippen molar-refractivity contribution in [1.82, 2.24) is 5.32 Å². The first kappa shape index (κ1) is 12.4. The number of hydrogen-bond acceptors (Lipinski definition) is 2. The van der Waals surface area contributed by atoms with Gasteiger partial charge in [-0.2, -0.15) is 0 Å². The van der Waals surface area contributed by atoms with Gasteiger partial charge in [0.2, 0.25) is 5.91 Å². The minimum absolute atomic E-state index is 0.0334. The molecule has 1 atom stereocenters. The van der Waals surface area contributed by atoms with Crippen LogP contribution in [0, 0.1) is 0 Å². The second kappa shape index (κ2) is 6.03. The van der Waals surface area contributed by atoms with Crippen LogP contribution in [-0.4, -0.2) is 18.2 Å². The van der Waals surface area contributed by atoms with Gasteiger partial charge in [0, 0.05) is 17.8 Å². The van der Waals surface area contributed by atoms with Crippen LogP contribution in [0.5, 0.6) is 0 Å². The lowest BCUT2D eigenvalue weighted by Gasteiger charge is -2.09. The average Bonchev–Trinajstić information content (AvgIpc) is 2.25. The van der Waals surface area contributed by atoms with Crippen LogP contribution < -0.4 is 5.32 Å². The Kier molecular flexibility index (Phi) is 4.99. The second-order valence-corrected chi connectivity index (χ2v) is 4.96. The molecular formula is C11H14ClNOS. The third-order valence-corrected chi connectivity index (χ3v) is 3.45. The summed E-state index contributed by atoms with van der Waals surface area (Å²) in [6, 6.07) is 7.70. The summed E-state index contributed by atoms with van der Waals surface area (Å²) in [5, 5.41) is 3.33. The zero-order valence-electron chi connectivity index (χ0n) is 8.79. The normalized spacial score (nSPS) is 12.2. The fraction of sp³-hybridized carbons (Fsp3) is 0.364. The van der Waals surface area contributed by atoms with E-state index < -0.39 is 0 Å². The topological polar surface area (TPSA) is 29.1 Å². The predicted molar refractivity (Wildman–Crippen MR) is 66.3 cm³/mol. The maximum Gasteiger partial charge on any atom is 0.232 e. The van der Waals surface area contributed by atoms with Gasteiger partial charge >= 0.3 is 0 Å². The van der Waals surface area contributed by atoms with E-state index in [2.05, 4.69) is 5.32 Å². The molecule has 4 heteroatoms. The summed E-state index contributed by atoms with van der Waals surface area (Å²) in [5.41, 5.74) is 1.14. The van der Waals surface area contributed by atoms with Crippen molar-refractivity contribution in [2.24, 2.45) is 0 Å². The Morgan fingerprint density at radius 1 is 1.60 bits per heavy atom. The maximum atomic E-state index is 11.2. The minimum Gasteiger partial charge on any atom is -0.358 e. The highest BCUT2D eigenvalue weighted by molar-refractivity contribution is 7.99. The van der Waals surface area contributed by atoms with Gasteiger partial charge in [0.15, 0.2) is 0 Å². The Morgan fingerprint density at radius 3 is 2.93 bits per heavy atom. The molecule has 0 unspecified atom stereocenters. The van der Waals surface area contributed by atoms with Crippen LogP contribution in [0.4, 0.5) is 0 Å². The summed E-state index contributed by atoms with van der Waals surface area (Å²) in [6.07, 6.45) is 0. The molecule has 0 saturated heterocycles. The molecule has 0 aromatic heterocycles. The first-order chi connectivity index (χ1) is 7.13. The largest absolute Gasteiger partial charge is 0.358 e. The third-order valence-electron chi connectivity index (χ3n) is 2.00. The van der Waals surface area contributed by atoms with Gasteiger partial charge in [-0.3, -0.25) is 4.79 Å². The van der Waals surface area contributed by atoms with E-state index in [0.717, 1.165) is 16.3 Å². The Morgan fingerprint density at radius 2 is 2.33 bits per heavy atom. The molecule has 0 saturated carbocycles. The van der Waals surface area contributed by atoms with Crippen molar-refractivity contribution in [3.05, 3.63) is 34.9 Å². The summed E-state index contributed by atoms with van der Waals surface area (Å²) < 4.78 is 0. The lowest BCUT2D eigenvalue weighted by Crippen LogP contribution is -2.27. The van der Waals surface area contributed by atoms with Crippen LogP contribution in [-0.2, 0) is 10.5 Å². The first-order valence-electron chi connectivity index (χ1n) is 4.71. The summed E-state index contributed by atoms with van der Waals surface area (Å²) >= 11 is 7.46. The van der Waals surface area contributed by atoms with Gasteiger partial charge in [0.1, 0.15) is 0 Å². The molecule has 1 rings (SSSR count). The Bertz CT molecular complexity index is 343. The third kappa shape index (κ3) is 4.14. The number of carbonyl (C=O) groups is 1. The number of carbonyl (C=O) groups excluding carboxylic acids is 1. The predicted octanol–water partition coefficient (Wildman–Crippen LogP) is 2.71. The van der Waals surface area contributed by atoms with Gasteiger partial charge < -0.3 is 5.32 Å². The molecule has 0 aliphatic heterocycles. The lowest BCUT2D eigenvalue weighted by atomic mass is 10.2. The number of nitrogens with one attached hydrogen (secondary N) is 1. The van der Waals surface area contributed by atoms with Crippen LogP contribution in [0.1, 0.15) is 12.5 Å². The van der Waals surface area contributed by atoms with Crippen LogP contribution in [0.3, 0.4) is 0 Å². The quantitative estimate of drug-likeness (QED) is 0.881. The Labute approximate surface area is 99.4 Å². The number of thioether (sulfide) groups is 1. The van der Waals surface area contributed by atoms with Crippen molar-refractivity contribution in [3.63, 3.8) is 0 Å². The van der Waals surface area contributed by atoms with E-state index in [0.29, 0.717) is 0 Å². The maximum absolute atomic E-state index is 11.2. The van der Waals surface area contributed by atoms with E-state index in [9.17, 15) is 4.79 Å². The molecule has 82 valence electrons. The minimum atomic E-state index is -0.0334. The number of halogens is 1. The van der Waals surface area contributed by atoms with Gasteiger partial charge in [-0.1, -0.05) is 23.7 Å². The molecule has 0 fully saturated rings. The first-order valence-corrected chi connectivity index (χ1v) is 6.14. The monoisotopic (exact) mass is 243 g/mol. The number of hydrogen-bond donors (Lipinski definition) is 1. The van der Waals surface area contributed by atoms with E-state index >= 15 is 0 Å². The molecule has 1 amide bonds. The van der Waals surface area contributed by atoms with Crippen LogP contribution in [0.25, 0.3) is 0 Å². The van der Waals surface area contributed by atoms with E-state index in [1.165, 1.54) is 0 Å². The summed E-state index contributed by atoms with van der Waals surface area (Å²) in [7, 11) is 1.65. The average molecular weight is 244 g/mol. The van der Waals surface area contributed by atoms with Crippen molar-refractivity contribution in [2.75, 3.05) is 7.05 Å². The van der Waals surface area contributed by atoms with Crippen LogP contribution in [0.2, 0.25) is 5.02 Å². The molecular weight excluding hydrogens is 230 g/mol. The highest BCUT2D eigenvalue weighted by atomic mass is 35.5. The molecule has 1 N–H and O–H groups in total. The van der Waals surface area contributed by atoms with E-state index in [1.807, 2.05) is 31.2 Å². The highest BCUT2D eigenvalue weighted by Crippen LogP contribution is 2.20. The van der Waals surface area contributed by atoms with E-state index in [1.54, 1.807) is 18.8 Å². The van der Waals surface area contributed by atoms with Crippen LogP contribution in [0.15, 0.2) is 24.3 Å². The molecule has 1 aromatic rings. The zero-order chi connectivity index (χ0) is 11.3. The van der Waals surface area contributed by atoms with Crippen LogP contribution >= 0.6 is 23.4 Å². The molecule has 0 radical (unpaired) electrons. The summed E-state index contributed by atoms with van der Waals surface area (Å²) in [6.45, 7) is 1.90. The van der Waals surface area contributed by atoms with Gasteiger partial charge in [-0.05, 0) is 24.6 Å². The molecule has 1 aromatic carbocycles. The number of benzene rings is 1. The standard InChI is InChI=1S/C11H14ClNOS/c1-8(11(14)13-2)15-7-9-4-3-5-10(12)6-9/h3-6,8H,7H2,1-2H3,(H,13,14)/t8-/m0/s1. The van der Waals surface area contributed by atoms with E-state index in [-0.39, 0.29) is 11.2 Å². The van der Waals surface area contributed by atoms with Gasteiger partial charge in [0.05, 0.1) is 5.25 Å². The summed E-state index contributed by atoms with van der Waals surface area (Å²) in [4.78, 5) is 11.2. The van der Waals surface area contributed by atoms with Crippen molar-refractivity contribution in [2.45, 2.75) is 17.9 Å². The molecule has 15 heavy (non-hydrogen) atoms. The van der Waals surface area contributed by atoms with Crippen molar-refractivity contribution < 1.29 is 4.79 Å². The highest BCUT2D eigenvalue weighted by Gasteiger charge is 2.10. The fourth-order valence-electron chi connectivity index (χ4n) is 1.13. The molecule has 0 aliphatic rings. The van der Waals surface area contributed by atoms with Gasteiger partial charge in [-0.15, -0.1) is 11.8 Å². The Hall–Kier alpha value is -0.670. The van der Waals surface area contributed by atoms with Crippen molar-refractivity contribution >= 4 is 29.3 Å². The molecule has 0 heterocycles. The molecule has 0 aliphatic carbocycles. The molecule has 0 spiro atoms. The van der Waals surface area contributed by atoms with Crippen molar-refractivity contribution in [3.8, 4) is 0 Å². The molecule has 2 nitrogen and oxygen atoms in total. The van der Waals surface area contributed by atoms with Crippen molar-refractivity contribution in [1.29, 1.82) is 0 Å². The fourth-order valence-corrected chi connectivity index (χ4v) is 2.23. The Balaban J connectivity index is 2.47.